The van der Waals surface area contributed by atoms with E-state index in [2.05, 4.69) is 52.1 Å². The van der Waals surface area contributed by atoms with Crippen LogP contribution in [0.4, 0.5) is 5.69 Å². The van der Waals surface area contributed by atoms with Crippen LogP contribution >= 0.6 is 23.1 Å². The van der Waals surface area contributed by atoms with Crippen molar-refractivity contribution in [1.82, 2.24) is 10.2 Å². The number of fused-ring (bicyclic) bond motifs is 2. The number of nitrogens with zero attached hydrogens (tertiary/aromatic N) is 1. The molecule has 1 aromatic carbocycles. The molecule has 2 N–H and O–H groups in total. The van der Waals surface area contributed by atoms with Gasteiger partial charge in [0.1, 0.15) is 0 Å². The first kappa shape index (κ1) is 12.3. The number of thiophene rings is 1. The molecule has 5 heteroatoms. The Labute approximate surface area is 125 Å². The Kier molecular flexibility index (Phi) is 2.97. The van der Waals surface area contributed by atoms with Crippen LogP contribution in [0.1, 0.15) is 24.9 Å². The van der Waals surface area contributed by atoms with Crippen LogP contribution in [-0.2, 0) is 0 Å². The molecule has 2 aromatic heterocycles. The third kappa shape index (κ3) is 2.01. The van der Waals surface area contributed by atoms with Gasteiger partial charge in [0.2, 0.25) is 0 Å². The lowest BCUT2D eigenvalue weighted by Crippen LogP contribution is -2.19. The van der Waals surface area contributed by atoms with Crippen LogP contribution in [0, 0.1) is 0 Å². The molecule has 1 aliphatic rings. The summed E-state index contributed by atoms with van der Waals surface area (Å²) >= 11 is 3.85. The molecular formula is C15H15N3S2. The third-order valence-electron chi connectivity index (χ3n) is 3.72. The lowest BCUT2D eigenvalue weighted by molar-refractivity contribution is 0.670. The molecule has 0 fully saturated rings. The molecule has 20 heavy (non-hydrogen) atoms. The van der Waals surface area contributed by atoms with Gasteiger partial charge in [-0.15, -0.1) is 23.1 Å². The molecule has 0 saturated carbocycles. The lowest BCUT2D eigenvalue weighted by Gasteiger charge is -2.28. The molecule has 0 amide bonds. The monoisotopic (exact) mass is 301 g/mol. The minimum absolute atomic E-state index is 0.390. The van der Waals surface area contributed by atoms with Gasteiger partial charge in [0.25, 0.3) is 0 Å². The SMILES string of the molecule is C[C@H]1CC(Nc2cccc3cn[nH]c23)c2ccsc2S1. The summed E-state index contributed by atoms with van der Waals surface area (Å²) in [6.07, 6.45) is 3.02. The number of H-pyrrole nitrogens is 1. The second kappa shape index (κ2) is 4.82. The number of hydrogen-bond donors (Lipinski definition) is 2. The zero-order valence-electron chi connectivity index (χ0n) is 11.1. The molecule has 0 saturated heterocycles. The minimum Gasteiger partial charge on any atom is -0.376 e. The van der Waals surface area contributed by atoms with E-state index in [-0.39, 0.29) is 0 Å². The van der Waals surface area contributed by atoms with Crippen molar-refractivity contribution in [1.29, 1.82) is 0 Å². The fourth-order valence-corrected chi connectivity index (χ4v) is 5.33. The first-order valence-electron chi connectivity index (χ1n) is 6.74. The number of benzene rings is 1. The van der Waals surface area contributed by atoms with Crippen molar-refractivity contribution in [3.05, 3.63) is 41.4 Å². The molecule has 3 heterocycles. The van der Waals surface area contributed by atoms with Crippen LogP contribution in [0.5, 0.6) is 0 Å². The van der Waals surface area contributed by atoms with Gasteiger partial charge in [0.15, 0.2) is 0 Å². The molecule has 0 radical (unpaired) electrons. The van der Waals surface area contributed by atoms with Crippen molar-refractivity contribution < 1.29 is 0 Å². The highest BCUT2D eigenvalue weighted by Crippen LogP contribution is 2.45. The van der Waals surface area contributed by atoms with Crippen LogP contribution in [0.15, 0.2) is 40.1 Å². The maximum Gasteiger partial charge on any atom is 0.0881 e. The number of para-hydroxylation sites is 1. The van der Waals surface area contributed by atoms with Gasteiger partial charge in [-0.05, 0) is 29.5 Å². The molecule has 1 aliphatic heterocycles. The van der Waals surface area contributed by atoms with Crippen molar-refractivity contribution in [3.8, 4) is 0 Å². The highest BCUT2D eigenvalue weighted by molar-refractivity contribution is 8.01. The van der Waals surface area contributed by atoms with Gasteiger partial charge in [0.05, 0.1) is 27.7 Å². The molecule has 2 atom stereocenters. The Bertz CT molecular complexity index is 746. The highest BCUT2D eigenvalue weighted by Gasteiger charge is 2.26. The van der Waals surface area contributed by atoms with Gasteiger partial charge in [-0.3, -0.25) is 5.10 Å². The van der Waals surface area contributed by atoms with Crippen LogP contribution in [0.3, 0.4) is 0 Å². The average Bonchev–Trinajstić information content (AvgIpc) is 3.06. The first-order valence-corrected chi connectivity index (χ1v) is 8.50. The molecule has 3 aromatic rings. The number of anilines is 1. The maximum absolute atomic E-state index is 4.14. The minimum atomic E-state index is 0.390. The van der Waals surface area contributed by atoms with Crippen molar-refractivity contribution >= 4 is 39.7 Å². The molecule has 3 nitrogen and oxygen atoms in total. The van der Waals surface area contributed by atoms with Gasteiger partial charge in [-0.1, -0.05) is 19.1 Å². The second-order valence-electron chi connectivity index (χ2n) is 5.16. The topological polar surface area (TPSA) is 40.7 Å². The summed E-state index contributed by atoms with van der Waals surface area (Å²) in [7, 11) is 0. The highest BCUT2D eigenvalue weighted by atomic mass is 32.2. The predicted molar refractivity (Wildman–Crippen MR) is 86.7 cm³/mol. The Morgan fingerprint density at radius 2 is 2.30 bits per heavy atom. The predicted octanol–water partition coefficient (Wildman–Crippen LogP) is 4.66. The van der Waals surface area contributed by atoms with Gasteiger partial charge in [0, 0.05) is 10.6 Å². The third-order valence-corrected chi connectivity index (χ3v) is 6.06. The van der Waals surface area contributed by atoms with E-state index in [1.54, 1.807) is 0 Å². The smallest absolute Gasteiger partial charge is 0.0881 e. The second-order valence-corrected chi connectivity index (χ2v) is 7.79. The van der Waals surface area contributed by atoms with Gasteiger partial charge in [-0.25, -0.2) is 0 Å². The Hall–Kier alpha value is -1.46. The van der Waals surface area contributed by atoms with Gasteiger partial charge >= 0.3 is 0 Å². The summed E-state index contributed by atoms with van der Waals surface area (Å²) in [6.45, 7) is 2.30. The number of nitrogens with one attached hydrogen (secondary N) is 2. The van der Waals surface area contributed by atoms with Gasteiger partial charge in [-0.2, -0.15) is 5.10 Å². The zero-order chi connectivity index (χ0) is 13.5. The van der Waals surface area contributed by atoms with Crippen LogP contribution in [0.25, 0.3) is 10.9 Å². The lowest BCUT2D eigenvalue weighted by atomic mass is 10.0. The molecule has 1 unspecified atom stereocenters. The molecule has 0 aliphatic carbocycles. The largest absolute Gasteiger partial charge is 0.376 e. The Balaban J connectivity index is 1.71. The van der Waals surface area contributed by atoms with Crippen molar-refractivity contribution in [2.24, 2.45) is 0 Å². The molecular weight excluding hydrogens is 286 g/mol. The maximum atomic E-state index is 4.14. The normalized spacial score (nSPS) is 21.9. The van der Waals surface area contributed by atoms with E-state index in [0.29, 0.717) is 11.3 Å². The van der Waals surface area contributed by atoms with Crippen LogP contribution in [0.2, 0.25) is 0 Å². The van der Waals surface area contributed by atoms with Crippen LogP contribution in [-0.4, -0.2) is 15.4 Å². The quantitative estimate of drug-likeness (QED) is 0.723. The summed E-state index contributed by atoms with van der Waals surface area (Å²) < 4.78 is 1.46. The van der Waals surface area contributed by atoms with E-state index in [9.17, 15) is 0 Å². The standard InChI is InChI=1S/C15H15N3S2/c1-9-7-13(11-5-6-19-15(11)20-9)17-12-4-2-3-10-8-16-18-14(10)12/h2-6,8-9,13,17H,7H2,1H3,(H,16,18)/t9-,13?/m0/s1. The fourth-order valence-electron chi connectivity index (χ4n) is 2.76. The number of aromatic nitrogens is 2. The van der Waals surface area contributed by atoms with Gasteiger partial charge < -0.3 is 5.32 Å². The first-order chi connectivity index (χ1) is 9.81. The Morgan fingerprint density at radius 1 is 1.35 bits per heavy atom. The average molecular weight is 301 g/mol. The summed E-state index contributed by atoms with van der Waals surface area (Å²) in [6, 6.07) is 8.93. The summed E-state index contributed by atoms with van der Waals surface area (Å²) in [5.41, 5.74) is 3.67. The van der Waals surface area contributed by atoms with E-state index < -0.39 is 0 Å². The summed E-state index contributed by atoms with van der Waals surface area (Å²) in [4.78, 5) is 0. The Morgan fingerprint density at radius 3 is 3.25 bits per heavy atom. The van der Waals surface area contributed by atoms with Crippen molar-refractivity contribution in [3.63, 3.8) is 0 Å². The molecule has 0 bridgehead atoms. The van der Waals surface area contributed by atoms with E-state index in [4.69, 9.17) is 0 Å². The van der Waals surface area contributed by atoms with E-state index in [1.807, 2.05) is 29.3 Å². The summed E-state index contributed by atoms with van der Waals surface area (Å²) in [5.74, 6) is 0. The number of aromatic amines is 1. The molecule has 4 rings (SSSR count). The van der Waals surface area contributed by atoms with E-state index >= 15 is 0 Å². The zero-order valence-corrected chi connectivity index (χ0v) is 12.7. The number of thioether (sulfide) groups is 1. The number of rotatable bonds is 2. The molecule has 102 valence electrons. The molecule has 0 spiro atoms. The fraction of sp³-hybridized carbons (Fsp3) is 0.267. The van der Waals surface area contributed by atoms with E-state index in [0.717, 1.165) is 23.0 Å². The van der Waals surface area contributed by atoms with Crippen molar-refractivity contribution in [2.45, 2.75) is 28.8 Å². The van der Waals surface area contributed by atoms with Crippen LogP contribution < -0.4 is 5.32 Å². The van der Waals surface area contributed by atoms with Crippen molar-refractivity contribution in [2.75, 3.05) is 5.32 Å². The summed E-state index contributed by atoms with van der Waals surface area (Å²) in [5, 5.41) is 14.9. The van der Waals surface area contributed by atoms with E-state index in [1.165, 1.54) is 9.77 Å². The number of hydrogen-bond acceptors (Lipinski definition) is 4.